The first-order valence-electron chi connectivity index (χ1n) is 9.60. The number of carbonyl (C=O) groups excluding carboxylic acids is 1. The topological polar surface area (TPSA) is 82.3 Å². The molecule has 2 fully saturated rings. The van der Waals surface area contributed by atoms with Gasteiger partial charge in [0.25, 0.3) is 0 Å². The Morgan fingerprint density at radius 3 is 2.47 bits per heavy atom. The normalized spacial score (nSPS) is 21.1. The number of hydrogen-bond donors (Lipinski definition) is 0. The van der Waals surface area contributed by atoms with Crippen LogP contribution in [0.15, 0.2) is 10.5 Å². The molecule has 1 aromatic heterocycles. The number of rotatable bonds is 1. The average molecular weight is 480 g/mol. The number of carbonyl (C=O) groups is 1. The van der Waals surface area contributed by atoms with Crippen molar-refractivity contribution >= 4 is 38.7 Å². The van der Waals surface area contributed by atoms with Gasteiger partial charge in [0.05, 0.1) is 22.1 Å². The van der Waals surface area contributed by atoms with E-state index < -0.39 is 17.5 Å². The van der Waals surface area contributed by atoms with Gasteiger partial charge in [-0.25, -0.2) is 9.18 Å². The molecule has 10 heteroatoms. The zero-order chi connectivity index (χ0) is 21.8. The number of fused-ring (bicyclic) bond motifs is 3. The van der Waals surface area contributed by atoms with E-state index in [4.69, 9.17) is 4.74 Å². The standard InChI is InChI=1S/C20H20BrF2N5O2/c1-20(2,3)30-19(29)28-11-4-5-12(28)9-27(8-11)17-13-6-10(7-24)14(21)15(22)16(13)25-18(23)26-17/h6,11-12H,4-5,8-9H2,1-3H3/t11-,12+. The van der Waals surface area contributed by atoms with E-state index in [0.717, 1.165) is 12.8 Å². The fourth-order valence-corrected chi connectivity index (χ4v) is 4.56. The number of ether oxygens (including phenoxy) is 1. The molecule has 1 amide bonds. The van der Waals surface area contributed by atoms with Gasteiger partial charge in [0.1, 0.15) is 23.0 Å². The highest BCUT2D eigenvalue weighted by Crippen LogP contribution is 2.37. The number of piperazine rings is 1. The van der Waals surface area contributed by atoms with Crippen LogP contribution in [0.2, 0.25) is 0 Å². The van der Waals surface area contributed by atoms with Crippen LogP contribution < -0.4 is 4.90 Å². The van der Waals surface area contributed by atoms with Crippen molar-refractivity contribution < 1.29 is 18.3 Å². The number of aromatic nitrogens is 2. The van der Waals surface area contributed by atoms with Gasteiger partial charge < -0.3 is 9.64 Å². The summed E-state index contributed by atoms with van der Waals surface area (Å²) in [5.41, 5.74) is -0.713. The molecular formula is C20H20BrF2N5O2. The van der Waals surface area contributed by atoms with Crippen molar-refractivity contribution in [3.63, 3.8) is 0 Å². The van der Waals surface area contributed by atoms with Crippen molar-refractivity contribution in [3.8, 4) is 6.07 Å². The van der Waals surface area contributed by atoms with Crippen molar-refractivity contribution in [2.24, 2.45) is 0 Å². The molecule has 0 radical (unpaired) electrons. The molecule has 2 atom stereocenters. The maximum atomic E-state index is 14.7. The van der Waals surface area contributed by atoms with Crippen LogP contribution in [0.4, 0.5) is 19.4 Å². The Morgan fingerprint density at radius 2 is 1.90 bits per heavy atom. The van der Waals surface area contributed by atoms with E-state index in [1.54, 1.807) is 4.90 Å². The molecule has 2 saturated heterocycles. The first-order chi connectivity index (χ1) is 14.1. The molecule has 0 spiro atoms. The lowest BCUT2D eigenvalue weighted by Crippen LogP contribution is -2.57. The summed E-state index contributed by atoms with van der Waals surface area (Å²) in [5.74, 6) is -0.580. The Morgan fingerprint density at radius 1 is 1.27 bits per heavy atom. The van der Waals surface area contributed by atoms with Gasteiger partial charge in [-0.3, -0.25) is 4.90 Å². The Labute approximate surface area is 180 Å². The predicted octanol–water partition coefficient (Wildman–Crippen LogP) is 4.13. The Kier molecular flexibility index (Phi) is 5.04. The lowest BCUT2D eigenvalue weighted by atomic mass is 10.1. The molecule has 4 rings (SSSR count). The maximum absolute atomic E-state index is 14.7. The van der Waals surface area contributed by atoms with Crippen LogP contribution in [0.1, 0.15) is 39.2 Å². The molecule has 2 aliphatic rings. The Balaban J connectivity index is 1.71. The third-order valence-corrected chi connectivity index (χ3v) is 6.11. The van der Waals surface area contributed by atoms with Crippen LogP contribution in [0, 0.1) is 23.2 Å². The minimum Gasteiger partial charge on any atom is -0.444 e. The monoisotopic (exact) mass is 479 g/mol. The van der Waals surface area contributed by atoms with Gasteiger partial charge in [-0.05, 0) is 55.6 Å². The van der Waals surface area contributed by atoms with E-state index in [9.17, 15) is 18.8 Å². The van der Waals surface area contributed by atoms with E-state index in [0.29, 0.717) is 13.1 Å². The SMILES string of the molecule is CC(C)(C)OC(=O)N1[C@@H]2CC[C@H]1CN(c1nc(F)nc3c(F)c(Br)c(C#N)cc13)C2. The quantitative estimate of drug-likeness (QED) is 0.571. The third-order valence-electron chi connectivity index (χ3n) is 5.33. The zero-order valence-electron chi connectivity index (χ0n) is 16.7. The van der Waals surface area contributed by atoms with Gasteiger partial charge in [0.15, 0.2) is 5.82 Å². The molecule has 2 aliphatic heterocycles. The maximum Gasteiger partial charge on any atom is 0.410 e. The molecule has 158 valence electrons. The highest BCUT2D eigenvalue weighted by molar-refractivity contribution is 9.10. The summed E-state index contributed by atoms with van der Waals surface area (Å²) in [6, 6.07) is 3.13. The minimum absolute atomic E-state index is 0.0589. The van der Waals surface area contributed by atoms with Crippen molar-refractivity contribution in [1.29, 1.82) is 5.26 Å². The third kappa shape index (κ3) is 3.55. The first-order valence-corrected chi connectivity index (χ1v) is 10.4. The van der Waals surface area contributed by atoms with E-state index in [1.807, 2.05) is 31.7 Å². The Bertz CT molecular complexity index is 1070. The second-order valence-corrected chi connectivity index (χ2v) is 9.35. The summed E-state index contributed by atoms with van der Waals surface area (Å²) in [7, 11) is 0. The Hall–Kier alpha value is -2.54. The van der Waals surface area contributed by atoms with Gasteiger partial charge in [0, 0.05) is 18.5 Å². The fraction of sp³-hybridized carbons (Fsp3) is 0.500. The van der Waals surface area contributed by atoms with Crippen molar-refractivity contribution in [2.45, 2.75) is 51.3 Å². The van der Waals surface area contributed by atoms with E-state index >= 15 is 0 Å². The van der Waals surface area contributed by atoms with Crippen LogP contribution in [-0.4, -0.2) is 51.7 Å². The van der Waals surface area contributed by atoms with E-state index in [2.05, 4.69) is 25.9 Å². The summed E-state index contributed by atoms with van der Waals surface area (Å²) in [6.07, 6.45) is 0.162. The summed E-state index contributed by atoms with van der Waals surface area (Å²) < 4.78 is 34.4. The molecule has 1 aromatic carbocycles. The molecule has 0 saturated carbocycles. The largest absolute Gasteiger partial charge is 0.444 e. The van der Waals surface area contributed by atoms with E-state index in [-0.39, 0.29) is 44.9 Å². The van der Waals surface area contributed by atoms with Crippen LogP contribution in [0.3, 0.4) is 0 Å². The molecule has 0 aliphatic carbocycles. The molecular weight excluding hydrogens is 460 g/mol. The highest BCUT2D eigenvalue weighted by atomic mass is 79.9. The van der Waals surface area contributed by atoms with Gasteiger partial charge in [0.2, 0.25) is 0 Å². The van der Waals surface area contributed by atoms with Crippen LogP contribution in [0.25, 0.3) is 10.9 Å². The number of amides is 1. The highest BCUT2D eigenvalue weighted by Gasteiger charge is 2.45. The van der Waals surface area contributed by atoms with Crippen LogP contribution in [0.5, 0.6) is 0 Å². The van der Waals surface area contributed by atoms with Gasteiger partial charge in [-0.15, -0.1) is 0 Å². The summed E-state index contributed by atoms with van der Waals surface area (Å²) in [6.45, 7) is 6.26. The van der Waals surface area contributed by atoms with Crippen LogP contribution >= 0.6 is 15.9 Å². The number of nitriles is 1. The lowest BCUT2D eigenvalue weighted by Gasteiger charge is -2.42. The first kappa shape index (κ1) is 20.7. The van der Waals surface area contributed by atoms with Crippen LogP contribution in [-0.2, 0) is 4.74 Å². The second kappa shape index (κ2) is 7.30. The summed E-state index contributed by atoms with van der Waals surface area (Å²) in [5, 5.41) is 9.57. The smallest absolute Gasteiger partial charge is 0.410 e. The minimum atomic E-state index is -1.05. The van der Waals surface area contributed by atoms with Gasteiger partial charge in [-0.2, -0.15) is 19.6 Å². The van der Waals surface area contributed by atoms with Gasteiger partial charge in [-0.1, -0.05) is 0 Å². The molecule has 2 bridgehead atoms. The summed E-state index contributed by atoms with van der Waals surface area (Å²) >= 11 is 3.03. The average Bonchev–Trinajstić information content (AvgIpc) is 2.93. The lowest BCUT2D eigenvalue weighted by molar-refractivity contribution is 0.0123. The van der Waals surface area contributed by atoms with E-state index in [1.165, 1.54) is 6.07 Å². The molecule has 2 aromatic rings. The number of hydrogen-bond acceptors (Lipinski definition) is 6. The molecule has 7 nitrogen and oxygen atoms in total. The molecule has 30 heavy (non-hydrogen) atoms. The molecule has 0 N–H and O–H groups in total. The zero-order valence-corrected chi connectivity index (χ0v) is 18.3. The number of anilines is 1. The number of benzene rings is 1. The predicted molar refractivity (Wildman–Crippen MR) is 109 cm³/mol. The number of halogens is 3. The second-order valence-electron chi connectivity index (χ2n) is 8.55. The fourth-order valence-electron chi connectivity index (χ4n) is 4.17. The van der Waals surface area contributed by atoms with Gasteiger partial charge >= 0.3 is 12.2 Å². The summed E-state index contributed by atoms with van der Waals surface area (Å²) in [4.78, 5) is 23.8. The van der Waals surface area contributed by atoms with Crippen molar-refractivity contribution in [3.05, 3.63) is 28.0 Å². The molecule has 0 unspecified atom stereocenters. The van der Waals surface area contributed by atoms with Crippen molar-refractivity contribution in [1.82, 2.24) is 14.9 Å². The number of nitrogens with zero attached hydrogens (tertiary/aromatic N) is 5. The van der Waals surface area contributed by atoms with Crippen molar-refractivity contribution in [2.75, 3.05) is 18.0 Å². The molecule has 3 heterocycles.